The Bertz CT molecular complexity index is 1040. The van der Waals surface area contributed by atoms with Crippen molar-refractivity contribution in [1.82, 2.24) is 0 Å². The number of hydrogen-bond donors (Lipinski definition) is 0. The fraction of sp³-hybridized carbons (Fsp3) is 0.346. The first kappa shape index (κ1) is 18.7. The van der Waals surface area contributed by atoms with Gasteiger partial charge in [0, 0.05) is 0 Å². The molecule has 0 N–H and O–H groups in total. The van der Waals surface area contributed by atoms with Gasteiger partial charge in [-0.1, -0.05) is 62.9 Å². The summed E-state index contributed by atoms with van der Waals surface area (Å²) in [4.78, 5) is 0. The summed E-state index contributed by atoms with van der Waals surface area (Å²) in [6.45, 7) is 2.27. The third-order valence-corrected chi connectivity index (χ3v) is 6.18. The molecule has 0 fully saturated rings. The van der Waals surface area contributed by atoms with Crippen LogP contribution in [0.15, 0.2) is 48.5 Å². The number of nitrogens with zero attached hydrogens (tertiary/aromatic N) is 1. The Labute approximate surface area is 166 Å². The van der Waals surface area contributed by atoms with Gasteiger partial charge in [-0.15, -0.1) is 0 Å². The van der Waals surface area contributed by atoms with E-state index >= 15 is 0 Å². The molecule has 3 aromatic carbocycles. The molecule has 0 aromatic heterocycles. The number of benzene rings is 3. The third-order valence-electron chi connectivity index (χ3n) is 6.18. The van der Waals surface area contributed by atoms with Gasteiger partial charge < -0.3 is 0 Å². The number of unbranched alkanes of at least 4 members (excludes halogenated alkanes) is 2. The van der Waals surface area contributed by atoms with Crippen LogP contribution in [-0.2, 0) is 12.8 Å². The van der Waals surface area contributed by atoms with E-state index in [1.807, 2.05) is 12.1 Å². The lowest BCUT2D eigenvalue weighted by atomic mass is 9.79. The Kier molecular flexibility index (Phi) is 5.44. The molecule has 0 spiro atoms. The molecule has 2 heteroatoms. The predicted molar refractivity (Wildman–Crippen MR) is 114 cm³/mol. The van der Waals surface area contributed by atoms with E-state index in [1.54, 1.807) is 6.07 Å². The van der Waals surface area contributed by atoms with Crippen molar-refractivity contribution in [2.45, 2.75) is 51.9 Å². The van der Waals surface area contributed by atoms with Crippen LogP contribution in [-0.4, -0.2) is 0 Å². The van der Waals surface area contributed by atoms with Crippen molar-refractivity contribution in [3.8, 4) is 17.2 Å². The smallest absolute Gasteiger partial charge is 0.141 e. The van der Waals surface area contributed by atoms with Gasteiger partial charge in [-0.2, -0.15) is 5.26 Å². The zero-order chi connectivity index (χ0) is 19.5. The molecule has 28 heavy (non-hydrogen) atoms. The molecule has 0 heterocycles. The summed E-state index contributed by atoms with van der Waals surface area (Å²) in [5, 5.41) is 11.5. The highest BCUT2D eigenvalue weighted by Gasteiger charge is 2.20. The highest BCUT2D eigenvalue weighted by atomic mass is 19.1. The summed E-state index contributed by atoms with van der Waals surface area (Å²) in [7, 11) is 0. The molecule has 0 amide bonds. The highest BCUT2D eigenvalue weighted by molar-refractivity contribution is 5.91. The van der Waals surface area contributed by atoms with E-state index in [-0.39, 0.29) is 5.56 Å². The van der Waals surface area contributed by atoms with Crippen molar-refractivity contribution in [3.63, 3.8) is 0 Å². The first-order valence-electron chi connectivity index (χ1n) is 10.4. The zero-order valence-electron chi connectivity index (χ0n) is 16.5. The molecule has 0 radical (unpaired) electrons. The molecule has 0 saturated heterocycles. The van der Waals surface area contributed by atoms with Crippen LogP contribution in [0.1, 0.15) is 55.7 Å². The Morgan fingerprint density at radius 2 is 1.86 bits per heavy atom. The Balaban J connectivity index is 1.62. The van der Waals surface area contributed by atoms with E-state index in [1.165, 1.54) is 66.5 Å². The minimum Gasteiger partial charge on any atom is -0.206 e. The van der Waals surface area contributed by atoms with E-state index in [9.17, 15) is 4.39 Å². The van der Waals surface area contributed by atoms with Gasteiger partial charge in [-0.05, 0) is 76.4 Å². The van der Waals surface area contributed by atoms with Crippen molar-refractivity contribution < 1.29 is 4.39 Å². The van der Waals surface area contributed by atoms with Gasteiger partial charge in [0.15, 0.2) is 0 Å². The summed E-state index contributed by atoms with van der Waals surface area (Å²) in [6, 6.07) is 17.6. The van der Waals surface area contributed by atoms with Crippen molar-refractivity contribution in [2.75, 3.05) is 0 Å². The minimum absolute atomic E-state index is 0.0899. The molecule has 1 unspecified atom stereocenters. The lowest BCUT2D eigenvalue weighted by molar-refractivity contribution is 0.409. The topological polar surface area (TPSA) is 23.8 Å². The molecular formula is C26H26FN. The maximum absolute atomic E-state index is 14.0. The van der Waals surface area contributed by atoms with Gasteiger partial charge in [0.1, 0.15) is 11.9 Å². The number of hydrogen-bond acceptors (Lipinski definition) is 1. The van der Waals surface area contributed by atoms with Crippen LogP contribution in [0.3, 0.4) is 0 Å². The van der Waals surface area contributed by atoms with Crippen LogP contribution in [0.5, 0.6) is 0 Å². The summed E-state index contributed by atoms with van der Waals surface area (Å²) in [5.41, 5.74) is 4.91. The Morgan fingerprint density at radius 1 is 1.04 bits per heavy atom. The van der Waals surface area contributed by atoms with Gasteiger partial charge in [-0.25, -0.2) is 4.39 Å². The Hall–Kier alpha value is -2.66. The summed E-state index contributed by atoms with van der Waals surface area (Å²) in [6.07, 6.45) is 9.01. The van der Waals surface area contributed by atoms with Crippen LogP contribution in [0.2, 0.25) is 0 Å². The van der Waals surface area contributed by atoms with Gasteiger partial charge in [-0.3, -0.25) is 0 Å². The van der Waals surface area contributed by atoms with Gasteiger partial charge in [0.2, 0.25) is 0 Å². The maximum atomic E-state index is 14.0. The van der Waals surface area contributed by atoms with Gasteiger partial charge >= 0.3 is 0 Å². The number of halogens is 1. The van der Waals surface area contributed by atoms with Gasteiger partial charge in [0.25, 0.3) is 0 Å². The Morgan fingerprint density at radius 3 is 2.64 bits per heavy atom. The van der Waals surface area contributed by atoms with Crippen molar-refractivity contribution in [3.05, 3.63) is 71.0 Å². The fourth-order valence-electron chi connectivity index (χ4n) is 4.58. The molecule has 1 aliphatic carbocycles. The van der Waals surface area contributed by atoms with E-state index in [2.05, 4.69) is 37.3 Å². The van der Waals surface area contributed by atoms with E-state index < -0.39 is 5.82 Å². The number of rotatable bonds is 5. The highest BCUT2D eigenvalue weighted by Crippen LogP contribution is 2.35. The first-order valence-corrected chi connectivity index (χ1v) is 10.4. The monoisotopic (exact) mass is 371 g/mol. The summed E-state index contributed by atoms with van der Waals surface area (Å²) >= 11 is 0. The predicted octanol–water partition coefficient (Wildman–Crippen LogP) is 7.20. The third kappa shape index (κ3) is 3.67. The molecule has 1 atom stereocenters. The number of fused-ring (bicyclic) bond motifs is 3. The molecular weight excluding hydrogens is 345 g/mol. The molecule has 0 bridgehead atoms. The molecule has 1 aliphatic rings. The largest absolute Gasteiger partial charge is 0.206 e. The van der Waals surface area contributed by atoms with Crippen molar-refractivity contribution in [2.24, 2.45) is 5.92 Å². The van der Waals surface area contributed by atoms with Crippen molar-refractivity contribution >= 4 is 10.8 Å². The van der Waals surface area contributed by atoms with E-state index in [4.69, 9.17) is 5.26 Å². The molecule has 0 aliphatic heterocycles. The standard InChI is InChI=1S/C26H26FN/c1-2-3-4-5-18-6-12-24-21(14-18)8-9-22-15-19(11-13-25(22)24)20-7-10-23(17-28)26(27)16-20/h7-11,13,15-16,18H,2-6,12,14H2,1H3. The number of aryl methyl sites for hydroxylation is 1. The average Bonchev–Trinajstić information content (AvgIpc) is 2.73. The van der Waals surface area contributed by atoms with Crippen LogP contribution in [0, 0.1) is 23.1 Å². The van der Waals surface area contributed by atoms with Crippen LogP contribution >= 0.6 is 0 Å². The van der Waals surface area contributed by atoms with Crippen LogP contribution in [0.25, 0.3) is 21.9 Å². The first-order chi connectivity index (χ1) is 13.7. The molecule has 142 valence electrons. The lowest BCUT2D eigenvalue weighted by Gasteiger charge is -2.26. The SMILES string of the molecule is CCCCCC1CCc2c(ccc3cc(-c4ccc(C#N)c(F)c4)ccc23)C1. The van der Waals surface area contributed by atoms with Gasteiger partial charge in [0.05, 0.1) is 5.56 Å². The molecule has 1 nitrogen and oxygen atoms in total. The quantitative estimate of drug-likeness (QED) is 0.435. The van der Waals surface area contributed by atoms with Crippen molar-refractivity contribution in [1.29, 1.82) is 5.26 Å². The van der Waals surface area contributed by atoms with Crippen LogP contribution in [0.4, 0.5) is 4.39 Å². The molecule has 4 rings (SSSR count). The average molecular weight is 371 g/mol. The molecule has 0 saturated carbocycles. The normalized spacial score (nSPS) is 16.0. The molecule has 3 aromatic rings. The minimum atomic E-state index is -0.459. The maximum Gasteiger partial charge on any atom is 0.141 e. The van der Waals surface area contributed by atoms with Crippen LogP contribution < -0.4 is 0 Å². The zero-order valence-corrected chi connectivity index (χ0v) is 16.5. The summed E-state index contributed by atoms with van der Waals surface area (Å²) in [5.74, 6) is 0.372. The summed E-state index contributed by atoms with van der Waals surface area (Å²) < 4.78 is 14.0. The van der Waals surface area contributed by atoms with E-state index in [0.717, 1.165) is 23.5 Å². The lowest BCUT2D eigenvalue weighted by Crippen LogP contribution is -2.14. The second-order valence-corrected chi connectivity index (χ2v) is 8.05. The second kappa shape index (κ2) is 8.15. The van der Waals surface area contributed by atoms with E-state index in [0.29, 0.717) is 0 Å². The number of nitriles is 1. The fourth-order valence-corrected chi connectivity index (χ4v) is 4.58. The second-order valence-electron chi connectivity index (χ2n) is 8.05.